The first kappa shape index (κ1) is 12.9. The number of carbonyl (C=O) groups is 2. The van der Waals surface area contributed by atoms with Crippen molar-refractivity contribution in [1.82, 2.24) is 10.2 Å². The van der Waals surface area contributed by atoms with Crippen molar-refractivity contribution in [3.05, 3.63) is 54.7 Å². The minimum Gasteiger partial charge on any atom is -0.318 e. The minimum atomic E-state index is -0.724. The van der Waals surface area contributed by atoms with Crippen molar-refractivity contribution < 1.29 is 9.59 Å². The van der Waals surface area contributed by atoms with Crippen molar-refractivity contribution >= 4 is 34.1 Å². The summed E-state index contributed by atoms with van der Waals surface area (Å²) in [4.78, 5) is 23.6. The van der Waals surface area contributed by atoms with E-state index in [-0.39, 0.29) is 0 Å². The largest absolute Gasteiger partial charge is 0.318 e. The lowest BCUT2D eigenvalue weighted by Crippen LogP contribution is -2.29. The van der Waals surface area contributed by atoms with Crippen molar-refractivity contribution in [2.45, 2.75) is 0 Å². The van der Waals surface area contributed by atoms with Gasteiger partial charge in [-0.2, -0.15) is 5.10 Å². The van der Waals surface area contributed by atoms with Crippen molar-refractivity contribution in [2.24, 2.45) is 0 Å². The van der Waals surface area contributed by atoms with Crippen LogP contribution >= 0.6 is 0 Å². The van der Waals surface area contributed by atoms with Crippen LogP contribution in [0.25, 0.3) is 10.9 Å². The van der Waals surface area contributed by atoms with E-state index < -0.39 is 11.8 Å². The minimum absolute atomic E-state index is 0.528. The molecule has 0 spiro atoms. The van der Waals surface area contributed by atoms with Gasteiger partial charge in [0, 0.05) is 16.8 Å². The molecule has 2 aromatic carbocycles. The Bertz CT molecular complexity index is 796. The van der Waals surface area contributed by atoms with E-state index in [1.165, 1.54) is 0 Å². The summed E-state index contributed by atoms with van der Waals surface area (Å²) in [6, 6.07) is 14.0. The number of nitrogens with one attached hydrogen (secondary N) is 3. The van der Waals surface area contributed by atoms with Crippen molar-refractivity contribution in [3.8, 4) is 0 Å². The van der Waals surface area contributed by atoms with Crippen molar-refractivity contribution in [3.63, 3.8) is 0 Å². The van der Waals surface area contributed by atoms with E-state index in [1.54, 1.807) is 42.6 Å². The predicted molar refractivity (Wildman–Crippen MR) is 79.8 cm³/mol. The average molecular weight is 280 g/mol. The molecule has 3 rings (SSSR count). The number of para-hydroxylation sites is 1. The van der Waals surface area contributed by atoms with Crippen LogP contribution in [0.15, 0.2) is 54.7 Å². The van der Waals surface area contributed by atoms with Gasteiger partial charge in [0.15, 0.2) is 0 Å². The number of rotatable bonds is 2. The SMILES string of the molecule is O=C(Nc1ccccc1)C(=O)Nc1ccc2cn[nH]c2c1. The average Bonchev–Trinajstić information content (AvgIpc) is 2.95. The molecule has 0 saturated carbocycles. The molecule has 0 bridgehead atoms. The number of carbonyl (C=O) groups excluding carboxylic acids is 2. The molecule has 0 aliphatic carbocycles. The van der Waals surface area contributed by atoms with E-state index in [1.807, 2.05) is 12.1 Å². The number of hydrogen-bond donors (Lipinski definition) is 3. The summed E-state index contributed by atoms with van der Waals surface area (Å²) in [5, 5.41) is 12.7. The Morgan fingerprint density at radius 1 is 0.905 bits per heavy atom. The van der Waals surface area contributed by atoms with Crippen LogP contribution in [-0.4, -0.2) is 22.0 Å². The van der Waals surface area contributed by atoms with Crippen LogP contribution in [-0.2, 0) is 9.59 Å². The Labute approximate surface area is 120 Å². The van der Waals surface area contributed by atoms with E-state index in [2.05, 4.69) is 20.8 Å². The summed E-state index contributed by atoms with van der Waals surface area (Å²) in [5.74, 6) is -1.44. The topological polar surface area (TPSA) is 86.9 Å². The molecule has 0 saturated heterocycles. The molecule has 1 heterocycles. The van der Waals surface area contributed by atoms with Gasteiger partial charge in [0.05, 0.1) is 11.7 Å². The number of benzene rings is 2. The highest BCUT2D eigenvalue weighted by atomic mass is 16.2. The molecular weight excluding hydrogens is 268 g/mol. The number of nitrogens with zero attached hydrogens (tertiary/aromatic N) is 1. The van der Waals surface area contributed by atoms with Crippen molar-refractivity contribution in [1.29, 1.82) is 0 Å². The Balaban J connectivity index is 1.69. The summed E-state index contributed by atoms with van der Waals surface area (Å²) < 4.78 is 0. The standard InChI is InChI=1S/C15H12N4O2/c20-14(17-11-4-2-1-3-5-11)15(21)18-12-7-6-10-9-16-19-13(10)8-12/h1-9H,(H,16,19)(H,17,20)(H,18,21). The highest BCUT2D eigenvalue weighted by Gasteiger charge is 2.14. The van der Waals surface area contributed by atoms with Gasteiger partial charge in [-0.15, -0.1) is 0 Å². The molecule has 6 nitrogen and oxygen atoms in total. The van der Waals surface area contributed by atoms with Gasteiger partial charge >= 0.3 is 11.8 Å². The number of H-pyrrole nitrogens is 1. The van der Waals surface area contributed by atoms with Gasteiger partial charge < -0.3 is 10.6 Å². The van der Waals surface area contributed by atoms with Gasteiger partial charge in [-0.25, -0.2) is 0 Å². The maximum absolute atomic E-state index is 11.8. The zero-order valence-electron chi connectivity index (χ0n) is 11.0. The molecule has 0 aliphatic rings. The Hall–Kier alpha value is -3.15. The van der Waals surface area contributed by atoms with Gasteiger partial charge in [0.25, 0.3) is 0 Å². The molecule has 3 aromatic rings. The monoisotopic (exact) mass is 280 g/mol. The maximum atomic E-state index is 11.8. The summed E-state index contributed by atoms with van der Waals surface area (Å²) in [7, 11) is 0. The van der Waals surface area contributed by atoms with Crippen LogP contribution in [0, 0.1) is 0 Å². The van der Waals surface area contributed by atoms with E-state index >= 15 is 0 Å². The first-order valence-electron chi connectivity index (χ1n) is 6.33. The lowest BCUT2D eigenvalue weighted by molar-refractivity contribution is -0.132. The molecule has 0 unspecified atom stereocenters. The van der Waals surface area contributed by atoms with Gasteiger partial charge in [-0.3, -0.25) is 14.7 Å². The third kappa shape index (κ3) is 2.89. The van der Waals surface area contributed by atoms with E-state index in [9.17, 15) is 9.59 Å². The lowest BCUT2D eigenvalue weighted by atomic mass is 10.2. The molecule has 6 heteroatoms. The van der Waals surface area contributed by atoms with Crippen LogP contribution in [0.4, 0.5) is 11.4 Å². The number of aromatic amines is 1. The first-order valence-corrected chi connectivity index (χ1v) is 6.33. The van der Waals surface area contributed by atoms with Crippen LogP contribution in [0.1, 0.15) is 0 Å². The Morgan fingerprint density at radius 2 is 1.62 bits per heavy atom. The number of fused-ring (bicyclic) bond motifs is 1. The van der Waals surface area contributed by atoms with Crippen LogP contribution in [0.5, 0.6) is 0 Å². The Kier molecular flexibility index (Phi) is 3.34. The first-order chi connectivity index (χ1) is 10.2. The molecule has 21 heavy (non-hydrogen) atoms. The van der Waals surface area contributed by atoms with Crippen LogP contribution in [0.2, 0.25) is 0 Å². The molecule has 1 aromatic heterocycles. The van der Waals surface area contributed by atoms with Gasteiger partial charge in [0.2, 0.25) is 0 Å². The van der Waals surface area contributed by atoms with E-state index in [4.69, 9.17) is 0 Å². The lowest BCUT2D eigenvalue weighted by Gasteiger charge is -2.06. The van der Waals surface area contributed by atoms with Gasteiger partial charge in [0.1, 0.15) is 0 Å². The second kappa shape index (κ2) is 5.46. The summed E-state index contributed by atoms with van der Waals surface area (Å²) in [6.07, 6.45) is 1.68. The van der Waals surface area contributed by atoms with Crippen LogP contribution < -0.4 is 10.6 Å². The highest BCUT2D eigenvalue weighted by molar-refractivity contribution is 6.43. The van der Waals surface area contributed by atoms with Crippen molar-refractivity contribution in [2.75, 3.05) is 10.6 Å². The number of aromatic nitrogens is 2. The van der Waals surface area contributed by atoms with Gasteiger partial charge in [-0.05, 0) is 30.3 Å². The smallest absolute Gasteiger partial charge is 0.314 e. The molecule has 104 valence electrons. The summed E-state index contributed by atoms with van der Waals surface area (Å²) >= 11 is 0. The third-order valence-electron chi connectivity index (χ3n) is 2.94. The molecule has 2 amide bonds. The molecule has 0 fully saturated rings. The number of anilines is 2. The molecule has 0 radical (unpaired) electrons. The number of amides is 2. The fraction of sp³-hybridized carbons (Fsp3) is 0. The molecule has 0 aliphatic heterocycles. The van der Waals surface area contributed by atoms with E-state index in [0.29, 0.717) is 11.4 Å². The second-order valence-corrected chi connectivity index (χ2v) is 4.45. The highest BCUT2D eigenvalue weighted by Crippen LogP contribution is 2.16. The van der Waals surface area contributed by atoms with Crippen LogP contribution in [0.3, 0.4) is 0 Å². The summed E-state index contributed by atoms with van der Waals surface area (Å²) in [6.45, 7) is 0. The quantitative estimate of drug-likeness (QED) is 0.628. The molecule has 0 atom stereocenters. The molecular formula is C15H12N4O2. The molecule has 3 N–H and O–H groups in total. The maximum Gasteiger partial charge on any atom is 0.314 e. The fourth-order valence-corrected chi connectivity index (χ4v) is 1.91. The number of hydrogen-bond acceptors (Lipinski definition) is 3. The predicted octanol–water partition coefficient (Wildman–Crippen LogP) is 2.14. The van der Waals surface area contributed by atoms with E-state index in [0.717, 1.165) is 10.9 Å². The fourth-order valence-electron chi connectivity index (χ4n) is 1.91. The normalized spacial score (nSPS) is 10.3. The zero-order valence-corrected chi connectivity index (χ0v) is 11.0. The Morgan fingerprint density at radius 3 is 2.38 bits per heavy atom. The third-order valence-corrected chi connectivity index (χ3v) is 2.94. The zero-order chi connectivity index (χ0) is 14.7. The summed E-state index contributed by atoms with van der Waals surface area (Å²) in [5.41, 5.74) is 1.89. The second-order valence-electron chi connectivity index (χ2n) is 4.45. The van der Waals surface area contributed by atoms with Gasteiger partial charge in [-0.1, -0.05) is 18.2 Å².